The van der Waals surface area contributed by atoms with Crippen LogP contribution < -0.4 is 4.90 Å². The molecule has 10 nitrogen and oxygen atoms in total. The number of nitro groups is 1. The molecule has 2 heterocycles. The first-order valence-electron chi connectivity index (χ1n) is 11.6. The fourth-order valence-electron chi connectivity index (χ4n) is 4.21. The lowest BCUT2D eigenvalue weighted by Crippen LogP contribution is -2.29. The quantitative estimate of drug-likeness (QED) is 0.101. The molecule has 0 bridgehead atoms. The Hall–Kier alpha value is -4.39. The van der Waals surface area contributed by atoms with Crippen molar-refractivity contribution in [2.75, 3.05) is 4.90 Å². The largest absolute Gasteiger partial charge is 0.507 e. The molecule has 1 aliphatic rings. The molecule has 202 valence electrons. The van der Waals surface area contributed by atoms with Crippen molar-refractivity contribution in [3.05, 3.63) is 116 Å². The van der Waals surface area contributed by atoms with Gasteiger partial charge in [0.15, 0.2) is 5.13 Å². The van der Waals surface area contributed by atoms with E-state index in [0.717, 1.165) is 40.9 Å². The lowest BCUT2D eigenvalue weighted by Gasteiger charge is -2.23. The van der Waals surface area contributed by atoms with E-state index in [0.29, 0.717) is 27.5 Å². The van der Waals surface area contributed by atoms with Gasteiger partial charge in [0, 0.05) is 22.7 Å². The van der Waals surface area contributed by atoms with E-state index in [1.807, 2.05) is 6.92 Å². The van der Waals surface area contributed by atoms with E-state index in [-0.39, 0.29) is 25.5 Å². The van der Waals surface area contributed by atoms with E-state index < -0.39 is 38.3 Å². The van der Waals surface area contributed by atoms with E-state index in [2.05, 4.69) is 4.98 Å². The Morgan fingerprint density at radius 3 is 2.25 bits per heavy atom. The summed E-state index contributed by atoms with van der Waals surface area (Å²) in [5, 5.41) is 22.4. The third-order valence-electron chi connectivity index (χ3n) is 6.26. The van der Waals surface area contributed by atoms with Crippen LogP contribution in [0.5, 0.6) is 0 Å². The van der Waals surface area contributed by atoms with Gasteiger partial charge < -0.3 is 5.11 Å². The number of aliphatic hydroxyl groups is 1. The van der Waals surface area contributed by atoms with Crippen LogP contribution in [0.1, 0.15) is 22.7 Å². The van der Waals surface area contributed by atoms with Gasteiger partial charge in [-0.1, -0.05) is 64.9 Å². The Labute approximate surface area is 236 Å². The number of benzene rings is 3. The minimum atomic E-state index is -4.15. The third kappa shape index (κ3) is 4.76. The number of amides is 1. The molecule has 5 rings (SSSR count). The Kier molecular flexibility index (Phi) is 7.00. The van der Waals surface area contributed by atoms with E-state index in [1.165, 1.54) is 0 Å². The number of Topliss-reactive ketones (excluding diaryl/α,β-unsaturated/α-hetero) is 1. The molecule has 0 spiro atoms. The Bertz CT molecular complexity index is 1800. The molecule has 13 heteroatoms. The Morgan fingerprint density at radius 1 is 1.02 bits per heavy atom. The molecule has 0 aliphatic carbocycles. The first-order chi connectivity index (χ1) is 19.0. The van der Waals surface area contributed by atoms with Gasteiger partial charge in [-0.25, -0.2) is 13.4 Å². The van der Waals surface area contributed by atoms with Crippen molar-refractivity contribution in [3.63, 3.8) is 0 Å². The zero-order chi connectivity index (χ0) is 28.8. The summed E-state index contributed by atoms with van der Waals surface area (Å²) in [5.41, 5.74) is 1.22. The average molecular weight is 596 g/mol. The number of non-ortho nitro benzene ring substituents is 1. The van der Waals surface area contributed by atoms with Gasteiger partial charge >= 0.3 is 5.91 Å². The summed E-state index contributed by atoms with van der Waals surface area (Å²) >= 11 is 6.71. The standard InChI is InChI=1S/C27H18ClN3O7S2/c1-15-2-4-17(5-3-15)24(32)22-23(16-6-8-18(28)9-7-16)30(26(34)25(22)33)27-29-14-21(39-27)40(37,38)20-12-10-19(11-13-20)31(35)36/h2-14,23,32H,1H3/t23-/m0/s1. The number of sulfone groups is 1. The number of halogens is 1. The normalized spacial score (nSPS) is 16.9. The van der Waals surface area contributed by atoms with Crippen molar-refractivity contribution in [2.24, 2.45) is 0 Å². The molecule has 0 radical (unpaired) electrons. The fraction of sp³-hybridized carbons (Fsp3) is 0.0741. The van der Waals surface area contributed by atoms with Gasteiger partial charge in [-0.2, -0.15) is 0 Å². The van der Waals surface area contributed by atoms with Crippen LogP contribution >= 0.6 is 22.9 Å². The number of carbonyl (C=O) groups excluding carboxylic acids is 2. The molecule has 1 saturated heterocycles. The molecular weight excluding hydrogens is 578 g/mol. The summed E-state index contributed by atoms with van der Waals surface area (Å²) < 4.78 is 26.2. The van der Waals surface area contributed by atoms with Crippen LogP contribution in [0, 0.1) is 17.0 Å². The van der Waals surface area contributed by atoms with Crippen LogP contribution in [0.4, 0.5) is 10.8 Å². The molecular formula is C27H18ClN3O7S2. The van der Waals surface area contributed by atoms with Gasteiger partial charge in [-0.3, -0.25) is 24.6 Å². The van der Waals surface area contributed by atoms with Crippen molar-refractivity contribution in [1.82, 2.24) is 4.98 Å². The molecule has 0 unspecified atom stereocenters. The lowest BCUT2D eigenvalue weighted by molar-refractivity contribution is -0.384. The first kappa shape index (κ1) is 27.2. The van der Waals surface area contributed by atoms with Crippen molar-refractivity contribution in [3.8, 4) is 0 Å². The molecule has 40 heavy (non-hydrogen) atoms. The van der Waals surface area contributed by atoms with Gasteiger partial charge in [-0.15, -0.1) is 0 Å². The van der Waals surface area contributed by atoms with E-state index in [4.69, 9.17) is 11.6 Å². The second-order valence-electron chi connectivity index (χ2n) is 8.80. The maximum absolute atomic E-state index is 13.3. The predicted molar refractivity (Wildman–Crippen MR) is 148 cm³/mol. The molecule has 1 aromatic heterocycles. The topological polar surface area (TPSA) is 148 Å². The van der Waals surface area contributed by atoms with Crippen molar-refractivity contribution < 1.29 is 28.0 Å². The number of anilines is 1. The summed E-state index contributed by atoms with van der Waals surface area (Å²) in [6.07, 6.45) is 1.05. The molecule has 1 fully saturated rings. The lowest BCUT2D eigenvalue weighted by atomic mass is 9.95. The monoisotopic (exact) mass is 595 g/mol. The minimum Gasteiger partial charge on any atom is -0.507 e. The third-order valence-corrected chi connectivity index (χ3v) is 9.74. The van der Waals surface area contributed by atoms with Crippen LogP contribution in [0.25, 0.3) is 5.76 Å². The highest BCUT2D eigenvalue weighted by Gasteiger charge is 2.48. The number of aliphatic hydroxyl groups excluding tert-OH is 1. The molecule has 1 aliphatic heterocycles. The number of hydrogen-bond donors (Lipinski definition) is 1. The minimum absolute atomic E-state index is 0.0921. The summed E-state index contributed by atoms with van der Waals surface area (Å²) in [6.45, 7) is 1.86. The number of ketones is 1. The summed E-state index contributed by atoms with van der Waals surface area (Å²) in [5.74, 6) is -2.36. The van der Waals surface area contributed by atoms with Crippen LogP contribution in [-0.2, 0) is 19.4 Å². The van der Waals surface area contributed by atoms with E-state index >= 15 is 0 Å². The summed E-state index contributed by atoms with van der Waals surface area (Å²) in [7, 11) is -4.15. The fourth-order valence-corrected chi connectivity index (χ4v) is 6.88. The zero-order valence-electron chi connectivity index (χ0n) is 20.5. The zero-order valence-corrected chi connectivity index (χ0v) is 22.9. The molecule has 3 aromatic carbocycles. The second kappa shape index (κ2) is 10.3. The van der Waals surface area contributed by atoms with Crippen LogP contribution in [0.3, 0.4) is 0 Å². The number of aryl methyl sites for hydroxylation is 1. The van der Waals surface area contributed by atoms with Crippen molar-refractivity contribution >= 4 is 61.0 Å². The maximum Gasteiger partial charge on any atom is 0.301 e. The molecule has 0 saturated carbocycles. The number of aromatic nitrogens is 1. The second-order valence-corrected chi connectivity index (χ2v) is 12.4. The predicted octanol–water partition coefficient (Wildman–Crippen LogP) is 5.47. The number of nitrogens with zero attached hydrogens (tertiary/aromatic N) is 3. The van der Waals surface area contributed by atoms with Crippen LogP contribution in [-0.4, -0.2) is 35.1 Å². The number of hydrogen-bond acceptors (Lipinski definition) is 9. The molecule has 4 aromatic rings. The highest BCUT2D eigenvalue weighted by molar-refractivity contribution is 7.93. The number of nitro benzene ring substituents is 1. The molecule has 1 amide bonds. The van der Waals surface area contributed by atoms with E-state index in [9.17, 15) is 33.2 Å². The van der Waals surface area contributed by atoms with Gasteiger partial charge in [0.05, 0.1) is 27.6 Å². The average Bonchev–Trinajstić information content (AvgIpc) is 3.53. The SMILES string of the molecule is Cc1ccc(C(O)=C2C(=O)C(=O)N(c3ncc(S(=O)(=O)c4ccc([N+](=O)[O-])cc4)s3)[C@H]2c2ccc(Cl)cc2)cc1. The van der Waals surface area contributed by atoms with Gasteiger partial charge in [-0.05, 0) is 36.8 Å². The first-order valence-corrected chi connectivity index (χ1v) is 14.3. The highest BCUT2D eigenvalue weighted by Crippen LogP contribution is 2.44. The van der Waals surface area contributed by atoms with Crippen LogP contribution in [0.15, 0.2) is 93.7 Å². The highest BCUT2D eigenvalue weighted by atomic mass is 35.5. The Balaban J connectivity index is 1.62. The summed E-state index contributed by atoms with van der Waals surface area (Å²) in [4.78, 5) is 41.9. The van der Waals surface area contributed by atoms with Gasteiger partial charge in [0.25, 0.3) is 11.5 Å². The number of carbonyl (C=O) groups is 2. The van der Waals surface area contributed by atoms with Gasteiger partial charge in [0.1, 0.15) is 9.97 Å². The van der Waals surface area contributed by atoms with Gasteiger partial charge in [0.2, 0.25) is 9.84 Å². The number of rotatable bonds is 6. The maximum atomic E-state index is 13.3. The van der Waals surface area contributed by atoms with Crippen molar-refractivity contribution in [2.45, 2.75) is 22.1 Å². The molecule has 1 atom stereocenters. The van der Waals surface area contributed by atoms with E-state index in [1.54, 1.807) is 48.5 Å². The van der Waals surface area contributed by atoms with Crippen LogP contribution in [0.2, 0.25) is 5.02 Å². The Morgan fingerprint density at radius 2 is 1.65 bits per heavy atom. The van der Waals surface area contributed by atoms with Crippen molar-refractivity contribution in [1.29, 1.82) is 0 Å². The number of thiazole rings is 1. The smallest absolute Gasteiger partial charge is 0.301 e. The summed E-state index contributed by atoms with van der Waals surface area (Å²) in [6, 6.07) is 16.3. The molecule has 1 N–H and O–H groups in total.